The lowest BCUT2D eigenvalue weighted by Gasteiger charge is -2.21. The van der Waals surface area contributed by atoms with Crippen LogP contribution >= 0.6 is 11.6 Å². The highest BCUT2D eigenvalue weighted by molar-refractivity contribution is 6.30. The van der Waals surface area contributed by atoms with Crippen LogP contribution in [0.2, 0.25) is 5.02 Å². The highest BCUT2D eigenvalue weighted by Gasteiger charge is 2.33. The van der Waals surface area contributed by atoms with Crippen LogP contribution in [-0.2, 0) is 0 Å². The molecule has 0 spiro atoms. The smallest absolute Gasteiger partial charge is 0.315 e. The quantitative estimate of drug-likeness (QED) is 0.786. The molecule has 3 rings (SSSR count). The number of benzene rings is 2. The van der Waals surface area contributed by atoms with Crippen molar-refractivity contribution in [2.75, 3.05) is 0 Å². The van der Waals surface area contributed by atoms with Gasteiger partial charge in [0, 0.05) is 5.02 Å². The van der Waals surface area contributed by atoms with Crippen LogP contribution in [0.4, 0.5) is 9.18 Å². The largest absolute Gasteiger partial charge is 0.332 e. The van der Waals surface area contributed by atoms with Gasteiger partial charge < -0.3 is 10.6 Å². The number of urea groups is 1. The molecule has 0 aliphatic heterocycles. The van der Waals surface area contributed by atoms with Gasteiger partial charge in [0.05, 0.1) is 12.1 Å². The van der Waals surface area contributed by atoms with E-state index in [0.717, 1.165) is 24.0 Å². The molecule has 1 aliphatic carbocycles. The summed E-state index contributed by atoms with van der Waals surface area (Å²) in [6.07, 6.45) is 2.22. The van der Waals surface area contributed by atoms with Gasteiger partial charge in [0.2, 0.25) is 0 Å². The first-order valence-electron chi connectivity index (χ1n) is 8.11. The molecule has 24 heavy (non-hydrogen) atoms. The highest BCUT2D eigenvalue weighted by Crippen LogP contribution is 2.41. The van der Waals surface area contributed by atoms with E-state index in [9.17, 15) is 9.18 Å². The molecule has 2 aromatic carbocycles. The molecule has 0 heterocycles. The van der Waals surface area contributed by atoms with Crippen molar-refractivity contribution in [1.29, 1.82) is 0 Å². The van der Waals surface area contributed by atoms with Gasteiger partial charge in [-0.2, -0.15) is 0 Å². The Bertz CT molecular complexity index is 698. The van der Waals surface area contributed by atoms with Gasteiger partial charge in [-0.1, -0.05) is 35.9 Å². The van der Waals surface area contributed by atoms with Crippen molar-refractivity contribution in [2.45, 2.75) is 31.8 Å². The van der Waals surface area contributed by atoms with Crippen molar-refractivity contribution in [1.82, 2.24) is 10.6 Å². The van der Waals surface area contributed by atoms with Gasteiger partial charge in [-0.05, 0) is 61.1 Å². The highest BCUT2D eigenvalue weighted by atomic mass is 35.5. The molecule has 3 nitrogen and oxygen atoms in total. The molecule has 2 N–H and O–H groups in total. The van der Waals surface area contributed by atoms with E-state index in [1.807, 2.05) is 31.2 Å². The van der Waals surface area contributed by atoms with E-state index in [1.54, 1.807) is 12.1 Å². The summed E-state index contributed by atoms with van der Waals surface area (Å²) < 4.78 is 13.0. The summed E-state index contributed by atoms with van der Waals surface area (Å²) in [5.74, 6) is 0.185. The number of halogens is 2. The molecule has 0 radical (unpaired) electrons. The molecule has 2 unspecified atom stereocenters. The third kappa shape index (κ3) is 4.26. The van der Waals surface area contributed by atoms with E-state index in [0.29, 0.717) is 10.9 Å². The fourth-order valence-electron chi connectivity index (χ4n) is 2.79. The Hall–Kier alpha value is -2.07. The Morgan fingerprint density at radius 3 is 2.21 bits per heavy atom. The first-order chi connectivity index (χ1) is 11.5. The zero-order valence-electron chi connectivity index (χ0n) is 13.4. The second-order valence-electron chi connectivity index (χ2n) is 6.26. The van der Waals surface area contributed by atoms with Crippen LogP contribution in [-0.4, -0.2) is 6.03 Å². The average Bonchev–Trinajstić information content (AvgIpc) is 3.39. The summed E-state index contributed by atoms with van der Waals surface area (Å²) in [5.41, 5.74) is 1.92. The molecule has 0 saturated heterocycles. The van der Waals surface area contributed by atoms with Gasteiger partial charge in [-0.25, -0.2) is 9.18 Å². The second-order valence-corrected chi connectivity index (χ2v) is 6.69. The van der Waals surface area contributed by atoms with Crippen molar-refractivity contribution in [3.63, 3.8) is 0 Å². The Morgan fingerprint density at radius 2 is 1.62 bits per heavy atom. The van der Waals surface area contributed by atoms with Crippen LogP contribution in [0.3, 0.4) is 0 Å². The Balaban J connectivity index is 1.63. The van der Waals surface area contributed by atoms with Gasteiger partial charge in [0.25, 0.3) is 0 Å². The minimum Gasteiger partial charge on any atom is -0.332 e. The first kappa shape index (κ1) is 16.8. The van der Waals surface area contributed by atoms with Crippen LogP contribution in [0.25, 0.3) is 0 Å². The minimum atomic E-state index is -0.285. The van der Waals surface area contributed by atoms with Crippen molar-refractivity contribution >= 4 is 17.6 Å². The van der Waals surface area contributed by atoms with Crippen LogP contribution in [0.5, 0.6) is 0 Å². The lowest BCUT2D eigenvalue weighted by molar-refractivity contribution is 0.232. The van der Waals surface area contributed by atoms with Crippen molar-refractivity contribution in [2.24, 2.45) is 5.92 Å². The lowest BCUT2D eigenvalue weighted by Crippen LogP contribution is -2.39. The second kappa shape index (κ2) is 7.22. The normalized spacial score (nSPS) is 16.3. The molecule has 0 aromatic heterocycles. The summed E-state index contributed by atoms with van der Waals surface area (Å²) in [5, 5.41) is 6.65. The molecule has 1 aliphatic rings. The van der Waals surface area contributed by atoms with Crippen molar-refractivity contribution < 1.29 is 9.18 Å². The summed E-state index contributed by atoms with van der Waals surface area (Å²) in [4.78, 5) is 12.4. The number of carbonyl (C=O) groups excluding carboxylic acids is 1. The summed E-state index contributed by atoms with van der Waals surface area (Å²) in [6.45, 7) is 1.88. The number of hydrogen-bond donors (Lipinski definition) is 2. The molecule has 1 saturated carbocycles. The van der Waals surface area contributed by atoms with E-state index < -0.39 is 0 Å². The predicted octanol–water partition coefficient (Wildman–Crippen LogP) is 4.99. The number of hydrogen-bond acceptors (Lipinski definition) is 1. The monoisotopic (exact) mass is 346 g/mol. The van der Waals surface area contributed by atoms with Crippen molar-refractivity contribution in [3.8, 4) is 0 Å². The van der Waals surface area contributed by atoms with Crippen LogP contribution in [0.15, 0.2) is 48.5 Å². The van der Waals surface area contributed by atoms with Gasteiger partial charge in [0.1, 0.15) is 5.82 Å². The fourth-order valence-corrected chi connectivity index (χ4v) is 2.91. The molecular formula is C19H20ClFN2O. The van der Waals surface area contributed by atoms with Crippen LogP contribution in [0.1, 0.15) is 43.0 Å². The molecule has 126 valence electrons. The molecule has 2 atom stereocenters. The van der Waals surface area contributed by atoms with Crippen LogP contribution in [0, 0.1) is 11.7 Å². The first-order valence-corrected chi connectivity index (χ1v) is 8.48. The topological polar surface area (TPSA) is 41.1 Å². The Labute approximate surface area is 146 Å². The molecule has 2 aromatic rings. The number of amides is 2. The average molecular weight is 347 g/mol. The third-order valence-electron chi connectivity index (χ3n) is 4.33. The SMILES string of the molecule is CC(NC(=O)NC(c1ccc(Cl)cc1)C1CC1)c1ccc(F)cc1. The number of carbonyl (C=O) groups is 1. The molecule has 1 fully saturated rings. The Morgan fingerprint density at radius 1 is 1.04 bits per heavy atom. The van der Waals surface area contributed by atoms with E-state index in [1.165, 1.54) is 12.1 Å². The maximum atomic E-state index is 13.0. The zero-order chi connectivity index (χ0) is 17.1. The van der Waals surface area contributed by atoms with E-state index in [-0.39, 0.29) is 23.9 Å². The molecule has 0 bridgehead atoms. The minimum absolute atomic E-state index is 0.0114. The van der Waals surface area contributed by atoms with Gasteiger partial charge in [-0.3, -0.25) is 0 Å². The van der Waals surface area contributed by atoms with Gasteiger partial charge in [0.15, 0.2) is 0 Å². The standard InChI is InChI=1S/C19H20ClFN2O/c1-12(13-6-10-17(21)11-7-13)22-19(24)23-18(14-2-3-14)15-4-8-16(20)9-5-15/h4-12,14,18H,2-3H2,1H3,(H2,22,23,24). The fraction of sp³-hybridized carbons (Fsp3) is 0.316. The zero-order valence-corrected chi connectivity index (χ0v) is 14.2. The molecule has 2 amide bonds. The Kier molecular flexibility index (Phi) is 5.05. The van der Waals surface area contributed by atoms with Gasteiger partial charge >= 0.3 is 6.03 Å². The van der Waals surface area contributed by atoms with E-state index >= 15 is 0 Å². The van der Waals surface area contributed by atoms with Gasteiger partial charge in [-0.15, -0.1) is 0 Å². The maximum absolute atomic E-state index is 13.0. The number of rotatable bonds is 5. The summed E-state index contributed by atoms with van der Waals surface area (Å²) in [7, 11) is 0. The van der Waals surface area contributed by atoms with Crippen LogP contribution < -0.4 is 10.6 Å². The lowest BCUT2D eigenvalue weighted by atomic mass is 10.0. The third-order valence-corrected chi connectivity index (χ3v) is 4.58. The predicted molar refractivity (Wildman–Crippen MR) is 93.4 cm³/mol. The summed E-state index contributed by atoms with van der Waals surface area (Å²) >= 11 is 5.94. The summed E-state index contributed by atoms with van der Waals surface area (Å²) in [6, 6.07) is 13.3. The molecule has 5 heteroatoms. The molecular weight excluding hydrogens is 327 g/mol. The van der Waals surface area contributed by atoms with E-state index in [2.05, 4.69) is 10.6 Å². The number of nitrogens with one attached hydrogen (secondary N) is 2. The van der Waals surface area contributed by atoms with E-state index in [4.69, 9.17) is 11.6 Å². The van der Waals surface area contributed by atoms with Crippen molar-refractivity contribution in [3.05, 3.63) is 70.5 Å². The maximum Gasteiger partial charge on any atom is 0.315 e.